The van der Waals surface area contributed by atoms with E-state index >= 15 is 0 Å². The van der Waals surface area contributed by atoms with Gasteiger partial charge in [-0.2, -0.15) is 0 Å². The number of rotatable bonds is 8. The first-order valence-electron chi connectivity index (χ1n) is 6.75. The van der Waals surface area contributed by atoms with Crippen LogP contribution in [0.3, 0.4) is 0 Å². The minimum absolute atomic E-state index is 0.0428. The fraction of sp³-hybridized carbons (Fsp3) is 0.571. The summed E-state index contributed by atoms with van der Waals surface area (Å²) >= 11 is 0. The van der Waals surface area contributed by atoms with E-state index in [1.807, 2.05) is 6.07 Å². The summed E-state index contributed by atoms with van der Waals surface area (Å²) < 4.78 is 0. The van der Waals surface area contributed by atoms with E-state index < -0.39 is 0 Å². The number of carbonyl (C=O) groups is 1. The van der Waals surface area contributed by atoms with Crippen LogP contribution in [0.25, 0.3) is 0 Å². The van der Waals surface area contributed by atoms with Crippen molar-refractivity contribution in [3.8, 4) is 0 Å². The molecule has 0 aliphatic carbocycles. The van der Waals surface area contributed by atoms with Crippen molar-refractivity contribution >= 4 is 11.6 Å². The largest absolute Gasteiger partial charge is 0.384 e. The lowest BCUT2D eigenvalue weighted by atomic mass is 10.2. The van der Waals surface area contributed by atoms with Gasteiger partial charge in [0.25, 0.3) is 5.91 Å². The number of hydrogen-bond donors (Lipinski definition) is 2. The van der Waals surface area contributed by atoms with Gasteiger partial charge in [-0.3, -0.25) is 9.78 Å². The molecule has 4 nitrogen and oxygen atoms in total. The van der Waals surface area contributed by atoms with Gasteiger partial charge in [0.2, 0.25) is 0 Å². The summed E-state index contributed by atoms with van der Waals surface area (Å²) in [6.07, 6.45) is 7.73. The maximum atomic E-state index is 11.9. The molecule has 1 rings (SSSR count). The third-order valence-corrected chi connectivity index (χ3v) is 2.65. The number of nitrogens with one attached hydrogen (secondary N) is 2. The lowest BCUT2D eigenvalue weighted by molar-refractivity contribution is 0.0952. The van der Waals surface area contributed by atoms with E-state index in [9.17, 15) is 4.79 Å². The number of unbranched alkanes of at least 4 members (excludes halogenated alkanes) is 2. The summed E-state index contributed by atoms with van der Waals surface area (Å²) in [4.78, 5) is 15.9. The molecule has 1 aromatic rings. The topological polar surface area (TPSA) is 54.0 Å². The normalized spacial score (nSPS) is 10.1. The van der Waals surface area contributed by atoms with Gasteiger partial charge in [-0.15, -0.1) is 0 Å². The molecular formula is C14H23N3O. The fourth-order valence-corrected chi connectivity index (χ4v) is 1.61. The maximum Gasteiger partial charge on any atom is 0.252 e. The first-order chi connectivity index (χ1) is 8.77. The maximum absolute atomic E-state index is 11.9. The summed E-state index contributed by atoms with van der Waals surface area (Å²) in [7, 11) is 0. The van der Waals surface area contributed by atoms with Crippen LogP contribution in [0.1, 0.15) is 49.9 Å². The van der Waals surface area contributed by atoms with Crippen molar-refractivity contribution in [3.63, 3.8) is 0 Å². The van der Waals surface area contributed by atoms with Crippen molar-refractivity contribution in [1.82, 2.24) is 10.3 Å². The summed E-state index contributed by atoms with van der Waals surface area (Å²) in [6, 6.07) is 1.85. The second-order valence-electron chi connectivity index (χ2n) is 4.35. The predicted octanol–water partition coefficient (Wildman–Crippen LogP) is 2.82. The SMILES string of the molecule is CCCCCNC(=O)c1cncc(NCCC)c1. The zero-order valence-electron chi connectivity index (χ0n) is 11.3. The quantitative estimate of drug-likeness (QED) is 0.697. The molecule has 0 radical (unpaired) electrons. The van der Waals surface area contributed by atoms with Gasteiger partial charge in [-0.25, -0.2) is 0 Å². The van der Waals surface area contributed by atoms with Gasteiger partial charge in [0.1, 0.15) is 0 Å². The number of anilines is 1. The van der Waals surface area contributed by atoms with Crippen LogP contribution < -0.4 is 10.6 Å². The third kappa shape index (κ3) is 5.17. The Labute approximate surface area is 109 Å². The van der Waals surface area contributed by atoms with Gasteiger partial charge < -0.3 is 10.6 Å². The van der Waals surface area contributed by atoms with Crippen LogP contribution in [0, 0.1) is 0 Å². The molecule has 0 aromatic carbocycles. The van der Waals surface area contributed by atoms with E-state index in [1.165, 1.54) is 0 Å². The molecule has 2 N–H and O–H groups in total. The number of nitrogens with zero attached hydrogens (tertiary/aromatic N) is 1. The molecule has 0 unspecified atom stereocenters. The highest BCUT2D eigenvalue weighted by Crippen LogP contribution is 2.08. The molecule has 0 fully saturated rings. The zero-order valence-corrected chi connectivity index (χ0v) is 11.3. The van der Waals surface area contributed by atoms with Crippen LogP contribution in [-0.4, -0.2) is 24.0 Å². The second-order valence-corrected chi connectivity index (χ2v) is 4.35. The lowest BCUT2D eigenvalue weighted by Crippen LogP contribution is -2.24. The van der Waals surface area contributed by atoms with Crippen molar-refractivity contribution < 1.29 is 4.79 Å². The predicted molar refractivity (Wildman–Crippen MR) is 74.9 cm³/mol. The van der Waals surface area contributed by atoms with Gasteiger partial charge in [-0.1, -0.05) is 26.7 Å². The number of aromatic nitrogens is 1. The molecule has 0 saturated carbocycles. The fourth-order valence-electron chi connectivity index (χ4n) is 1.61. The molecule has 0 bridgehead atoms. The molecule has 0 spiro atoms. The summed E-state index contributed by atoms with van der Waals surface area (Å²) in [5.41, 5.74) is 1.52. The first kappa shape index (κ1) is 14.5. The van der Waals surface area contributed by atoms with E-state index in [0.29, 0.717) is 5.56 Å². The van der Waals surface area contributed by atoms with Crippen LogP contribution in [0.2, 0.25) is 0 Å². The number of pyridine rings is 1. The van der Waals surface area contributed by atoms with Crippen molar-refractivity contribution in [1.29, 1.82) is 0 Å². The Morgan fingerprint density at radius 1 is 1.17 bits per heavy atom. The van der Waals surface area contributed by atoms with Gasteiger partial charge in [0.15, 0.2) is 0 Å². The summed E-state index contributed by atoms with van der Waals surface area (Å²) in [5.74, 6) is -0.0428. The highest BCUT2D eigenvalue weighted by Gasteiger charge is 2.05. The Morgan fingerprint density at radius 2 is 2.00 bits per heavy atom. The highest BCUT2D eigenvalue weighted by atomic mass is 16.1. The number of carbonyl (C=O) groups excluding carboxylic acids is 1. The molecule has 4 heteroatoms. The molecular weight excluding hydrogens is 226 g/mol. The molecule has 0 atom stereocenters. The van der Waals surface area contributed by atoms with Crippen LogP contribution in [0.5, 0.6) is 0 Å². The number of hydrogen-bond acceptors (Lipinski definition) is 3. The zero-order chi connectivity index (χ0) is 13.2. The Morgan fingerprint density at radius 3 is 2.72 bits per heavy atom. The summed E-state index contributed by atoms with van der Waals surface area (Å²) in [5, 5.41) is 6.13. The third-order valence-electron chi connectivity index (χ3n) is 2.65. The smallest absolute Gasteiger partial charge is 0.252 e. The minimum Gasteiger partial charge on any atom is -0.384 e. The summed E-state index contributed by atoms with van der Waals surface area (Å²) in [6.45, 7) is 5.88. The molecule has 0 aliphatic rings. The highest BCUT2D eigenvalue weighted by molar-refractivity contribution is 5.94. The Hall–Kier alpha value is -1.58. The monoisotopic (exact) mass is 249 g/mol. The van der Waals surface area contributed by atoms with Crippen molar-refractivity contribution in [2.24, 2.45) is 0 Å². The van der Waals surface area contributed by atoms with Gasteiger partial charge in [-0.05, 0) is 18.9 Å². The molecule has 0 aliphatic heterocycles. The Balaban J connectivity index is 2.46. The van der Waals surface area contributed by atoms with Crippen LogP contribution in [0.4, 0.5) is 5.69 Å². The second kappa shape index (κ2) is 8.50. The van der Waals surface area contributed by atoms with Gasteiger partial charge >= 0.3 is 0 Å². The first-order valence-corrected chi connectivity index (χ1v) is 6.75. The molecule has 1 aromatic heterocycles. The Bertz CT molecular complexity index is 366. The van der Waals surface area contributed by atoms with Gasteiger partial charge in [0.05, 0.1) is 11.3 Å². The molecule has 100 valence electrons. The van der Waals surface area contributed by atoms with E-state index in [1.54, 1.807) is 12.4 Å². The minimum atomic E-state index is -0.0428. The van der Waals surface area contributed by atoms with E-state index in [0.717, 1.165) is 44.5 Å². The average Bonchev–Trinajstić information content (AvgIpc) is 2.41. The molecule has 1 heterocycles. The van der Waals surface area contributed by atoms with E-state index in [-0.39, 0.29) is 5.91 Å². The Kier molecular flexibility index (Phi) is 6.84. The van der Waals surface area contributed by atoms with Gasteiger partial charge in [0, 0.05) is 25.5 Å². The van der Waals surface area contributed by atoms with Crippen LogP contribution in [0.15, 0.2) is 18.5 Å². The average molecular weight is 249 g/mol. The van der Waals surface area contributed by atoms with Crippen molar-refractivity contribution in [3.05, 3.63) is 24.0 Å². The van der Waals surface area contributed by atoms with E-state index in [4.69, 9.17) is 0 Å². The molecule has 1 amide bonds. The molecule has 18 heavy (non-hydrogen) atoms. The standard InChI is InChI=1S/C14H23N3O/c1-3-5-6-8-17-14(18)12-9-13(11-15-10-12)16-7-4-2/h9-11,16H,3-8H2,1-2H3,(H,17,18). The number of amides is 1. The van der Waals surface area contributed by atoms with E-state index in [2.05, 4.69) is 29.5 Å². The van der Waals surface area contributed by atoms with Crippen molar-refractivity contribution in [2.45, 2.75) is 39.5 Å². The lowest BCUT2D eigenvalue weighted by Gasteiger charge is -2.07. The van der Waals surface area contributed by atoms with Crippen molar-refractivity contribution in [2.75, 3.05) is 18.4 Å². The molecule has 0 saturated heterocycles. The van der Waals surface area contributed by atoms with Crippen LogP contribution in [-0.2, 0) is 0 Å². The van der Waals surface area contributed by atoms with Crippen LogP contribution >= 0.6 is 0 Å².